The molecule has 27 heavy (non-hydrogen) atoms. The van der Waals surface area contributed by atoms with E-state index in [0.717, 1.165) is 43.1 Å². The molecule has 0 aliphatic carbocycles. The Bertz CT molecular complexity index is 953. The van der Waals surface area contributed by atoms with Gasteiger partial charge in [-0.15, -0.1) is 0 Å². The summed E-state index contributed by atoms with van der Waals surface area (Å²) < 4.78 is 0. The van der Waals surface area contributed by atoms with Gasteiger partial charge in [-0.2, -0.15) is 4.98 Å². The molecule has 4 rings (SSSR count). The van der Waals surface area contributed by atoms with Gasteiger partial charge in [0.25, 0.3) is 0 Å². The van der Waals surface area contributed by atoms with Gasteiger partial charge in [-0.25, -0.2) is 4.98 Å². The third-order valence-corrected chi connectivity index (χ3v) is 4.64. The molecule has 3 aromatic rings. The molecule has 0 spiro atoms. The van der Waals surface area contributed by atoms with E-state index >= 15 is 0 Å². The number of piperazine rings is 1. The number of aromatic nitrogens is 2. The van der Waals surface area contributed by atoms with Gasteiger partial charge in [-0.05, 0) is 35.4 Å². The minimum atomic E-state index is 0.127. The molecule has 0 bridgehead atoms. The fraction of sp³-hybridized carbons (Fsp3) is 0.200. The van der Waals surface area contributed by atoms with Crippen molar-refractivity contribution in [3.05, 3.63) is 48.5 Å². The molecule has 138 valence electrons. The molecule has 2 aromatic carbocycles. The average Bonchev–Trinajstić information content (AvgIpc) is 2.69. The maximum Gasteiger partial charge on any atom is 0.222 e. The molecule has 1 fully saturated rings. The van der Waals surface area contributed by atoms with Crippen molar-refractivity contribution < 1.29 is 10.2 Å². The molecule has 2 heterocycles. The molecule has 0 amide bonds. The van der Waals surface area contributed by atoms with Crippen LogP contribution in [0.5, 0.6) is 11.5 Å². The summed E-state index contributed by atoms with van der Waals surface area (Å²) in [6.07, 6.45) is 0. The van der Waals surface area contributed by atoms with Gasteiger partial charge in [0.15, 0.2) is 0 Å². The lowest BCUT2D eigenvalue weighted by atomic mass is 10.0. The summed E-state index contributed by atoms with van der Waals surface area (Å²) >= 11 is 0. The molecule has 1 aliphatic rings. The van der Waals surface area contributed by atoms with Crippen LogP contribution in [0.4, 0.5) is 11.8 Å². The van der Waals surface area contributed by atoms with E-state index < -0.39 is 0 Å². The third kappa shape index (κ3) is 3.63. The molecule has 1 aliphatic heterocycles. The summed E-state index contributed by atoms with van der Waals surface area (Å²) in [6.45, 7) is 3.46. The molecular weight excluding hydrogens is 342 g/mol. The molecule has 0 radical (unpaired) electrons. The van der Waals surface area contributed by atoms with Gasteiger partial charge in [-0.1, -0.05) is 18.2 Å². The lowest BCUT2D eigenvalue weighted by molar-refractivity contribution is 0.475. The van der Waals surface area contributed by atoms with E-state index in [1.165, 1.54) is 0 Å². The quantitative estimate of drug-likeness (QED) is 0.565. The van der Waals surface area contributed by atoms with Crippen LogP contribution in [0.15, 0.2) is 48.5 Å². The van der Waals surface area contributed by atoms with Crippen molar-refractivity contribution in [2.75, 3.05) is 36.8 Å². The first kappa shape index (κ1) is 17.1. The molecule has 0 atom stereocenters. The summed E-state index contributed by atoms with van der Waals surface area (Å²) in [7, 11) is 0. The topological polar surface area (TPSA) is 108 Å². The minimum absolute atomic E-state index is 0.127. The smallest absolute Gasteiger partial charge is 0.222 e. The Hall–Kier alpha value is -3.32. The molecule has 1 saturated heterocycles. The van der Waals surface area contributed by atoms with Crippen LogP contribution in [0.2, 0.25) is 0 Å². The number of nitrogens with one attached hydrogen (secondary N) is 1. The molecular formula is C20H21N5O2. The molecule has 7 nitrogen and oxygen atoms in total. The Kier molecular flexibility index (Phi) is 4.52. The van der Waals surface area contributed by atoms with Crippen LogP contribution in [-0.2, 0) is 0 Å². The van der Waals surface area contributed by atoms with Crippen LogP contribution < -0.4 is 16.0 Å². The van der Waals surface area contributed by atoms with E-state index in [2.05, 4.69) is 20.2 Å². The van der Waals surface area contributed by atoms with Crippen LogP contribution in [0.25, 0.3) is 22.4 Å². The van der Waals surface area contributed by atoms with E-state index in [1.54, 1.807) is 18.2 Å². The lowest BCUT2D eigenvalue weighted by Crippen LogP contribution is -2.44. The van der Waals surface area contributed by atoms with E-state index in [0.29, 0.717) is 11.3 Å². The number of nitrogens with zero attached hydrogens (tertiary/aromatic N) is 3. The maximum atomic E-state index is 10.4. The Labute approximate surface area is 157 Å². The van der Waals surface area contributed by atoms with Crippen molar-refractivity contribution in [2.45, 2.75) is 0 Å². The van der Waals surface area contributed by atoms with Crippen molar-refractivity contribution in [1.82, 2.24) is 15.3 Å². The number of benzene rings is 2. The second-order valence-electron chi connectivity index (χ2n) is 6.49. The first-order chi connectivity index (χ1) is 13.1. The van der Waals surface area contributed by atoms with Gasteiger partial charge in [0.05, 0.1) is 5.69 Å². The van der Waals surface area contributed by atoms with Gasteiger partial charge in [0, 0.05) is 37.8 Å². The first-order valence-electron chi connectivity index (χ1n) is 8.83. The van der Waals surface area contributed by atoms with Crippen molar-refractivity contribution in [1.29, 1.82) is 0 Å². The van der Waals surface area contributed by atoms with Gasteiger partial charge in [0.1, 0.15) is 17.3 Å². The Morgan fingerprint density at radius 3 is 2.33 bits per heavy atom. The SMILES string of the molecule is Nc1nc(-c2cc(-c3ccc(O)cc3)ccc2O)cc(N2CCNCC2)n1. The molecule has 0 saturated carbocycles. The molecule has 5 N–H and O–H groups in total. The van der Waals surface area contributed by atoms with Crippen LogP contribution >= 0.6 is 0 Å². The van der Waals surface area contributed by atoms with Crippen LogP contribution in [0.1, 0.15) is 0 Å². The highest BCUT2D eigenvalue weighted by molar-refractivity contribution is 5.77. The number of phenols is 2. The van der Waals surface area contributed by atoms with Gasteiger partial charge < -0.3 is 26.2 Å². The summed E-state index contributed by atoms with van der Waals surface area (Å²) in [4.78, 5) is 10.8. The van der Waals surface area contributed by atoms with Gasteiger partial charge in [0.2, 0.25) is 5.95 Å². The van der Waals surface area contributed by atoms with E-state index in [9.17, 15) is 10.2 Å². The Balaban J connectivity index is 1.75. The van der Waals surface area contributed by atoms with Crippen molar-refractivity contribution in [2.24, 2.45) is 0 Å². The van der Waals surface area contributed by atoms with Crippen molar-refractivity contribution in [3.63, 3.8) is 0 Å². The minimum Gasteiger partial charge on any atom is -0.508 e. The third-order valence-electron chi connectivity index (χ3n) is 4.64. The number of phenolic OH excluding ortho intramolecular Hbond substituents is 2. The number of aromatic hydroxyl groups is 2. The van der Waals surface area contributed by atoms with Crippen LogP contribution in [-0.4, -0.2) is 46.4 Å². The Morgan fingerprint density at radius 2 is 1.59 bits per heavy atom. The second-order valence-corrected chi connectivity index (χ2v) is 6.49. The zero-order valence-corrected chi connectivity index (χ0v) is 14.8. The van der Waals surface area contributed by atoms with Crippen molar-refractivity contribution >= 4 is 11.8 Å². The Morgan fingerprint density at radius 1 is 0.889 bits per heavy atom. The molecule has 7 heteroatoms. The standard InChI is InChI=1S/C20H21N5O2/c21-20-23-17(12-19(24-20)25-9-7-22-8-10-25)16-11-14(3-6-18(16)27)13-1-4-15(26)5-2-13/h1-6,11-12,22,26-27H,7-10H2,(H2,21,23,24). The molecule has 0 unspecified atom stereocenters. The highest BCUT2D eigenvalue weighted by atomic mass is 16.3. The number of nitrogen functional groups attached to an aromatic ring is 1. The largest absolute Gasteiger partial charge is 0.508 e. The summed E-state index contributed by atoms with van der Waals surface area (Å²) in [6, 6.07) is 14.1. The van der Waals surface area contributed by atoms with Gasteiger partial charge in [-0.3, -0.25) is 0 Å². The monoisotopic (exact) mass is 363 g/mol. The number of hydrogen-bond donors (Lipinski definition) is 4. The normalized spacial score (nSPS) is 14.3. The number of anilines is 2. The van der Waals surface area contributed by atoms with E-state index in [1.807, 2.05) is 30.3 Å². The maximum absolute atomic E-state index is 10.4. The fourth-order valence-electron chi connectivity index (χ4n) is 3.22. The van der Waals surface area contributed by atoms with Crippen molar-refractivity contribution in [3.8, 4) is 33.9 Å². The fourth-order valence-corrected chi connectivity index (χ4v) is 3.22. The summed E-state index contributed by atoms with van der Waals surface area (Å²) in [5.74, 6) is 1.27. The zero-order valence-electron chi connectivity index (χ0n) is 14.8. The second kappa shape index (κ2) is 7.13. The number of hydrogen-bond acceptors (Lipinski definition) is 7. The average molecular weight is 363 g/mol. The van der Waals surface area contributed by atoms with Crippen LogP contribution in [0, 0.1) is 0 Å². The van der Waals surface area contributed by atoms with E-state index in [-0.39, 0.29) is 17.4 Å². The summed E-state index contributed by atoms with van der Waals surface area (Å²) in [5.41, 5.74) is 8.95. The van der Waals surface area contributed by atoms with Crippen LogP contribution in [0.3, 0.4) is 0 Å². The first-order valence-corrected chi connectivity index (χ1v) is 8.83. The molecule has 1 aromatic heterocycles. The van der Waals surface area contributed by atoms with Gasteiger partial charge >= 0.3 is 0 Å². The lowest BCUT2D eigenvalue weighted by Gasteiger charge is -2.28. The van der Waals surface area contributed by atoms with E-state index in [4.69, 9.17) is 5.73 Å². The predicted molar refractivity (Wildman–Crippen MR) is 106 cm³/mol. The highest BCUT2D eigenvalue weighted by Crippen LogP contribution is 2.34. The summed E-state index contributed by atoms with van der Waals surface area (Å²) in [5, 5.41) is 23.2. The number of rotatable bonds is 3. The highest BCUT2D eigenvalue weighted by Gasteiger charge is 2.16. The number of nitrogens with two attached hydrogens (primary N) is 1. The zero-order chi connectivity index (χ0) is 18.8. The predicted octanol–water partition coefficient (Wildman–Crippen LogP) is 2.21.